The van der Waals surface area contributed by atoms with Crippen LogP contribution >= 0.6 is 0 Å². The zero-order chi connectivity index (χ0) is 63.0. The number of β-amino-alcohol motifs (C(OH)–C–C–N with tert-alkyl or cyclic N) is 1. The fourth-order valence-corrected chi connectivity index (χ4v) is 21.0. The van der Waals surface area contributed by atoms with Gasteiger partial charge in [-0.15, -0.1) is 0 Å². The van der Waals surface area contributed by atoms with Crippen molar-refractivity contribution < 1.29 is 34.4 Å². The first-order valence-electron chi connectivity index (χ1n) is 35.9. The van der Waals surface area contributed by atoms with Crippen LogP contribution in [0.25, 0.3) is 16.7 Å². The van der Waals surface area contributed by atoms with Crippen LogP contribution in [0.3, 0.4) is 0 Å². The second-order valence-electron chi connectivity index (χ2n) is 30.7. The van der Waals surface area contributed by atoms with Crippen LogP contribution in [0.15, 0.2) is 137 Å². The zero-order valence-electron chi connectivity index (χ0n) is 54.7. The summed E-state index contributed by atoms with van der Waals surface area (Å²) in [5.41, 5.74) is 7.27. The molecule has 11 nitrogen and oxygen atoms in total. The van der Waals surface area contributed by atoms with E-state index in [1.807, 2.05) is 12.1 Å². The van der Waals surface area contributed by atoms with Gasteiger partial charge >= 0.3 is 11.9 Å². The number of allylic oxidation sites excluding steroid dienone is 5. The summed E-state index contributed by atoms with van der Waals surface area (Å²) in [6, 6.07) is 34.1. The molecule has 7 aliphatic carbocycles. The lowest BCUT2D eigenvalue weighted by atomic mass is 9.44. The van der Waals surface area contributed by atoms with E-state index in [1.165, 1.54) is 16.7 Å². The molecule has 4 aromatic carbocycles. The van der Waals surface area contributed by atoms with E-state index in [1.54, 1.807) is 6.07 Å². The molecule has 2 saturated heterocycles. The highest BCUT2D eigenvalue weighted by Gasteiger charge is 2.69. The third-order valence-electron chi connectivity index (χ3n) is 25.8. The van der Waals surface area contributed by atoms with Gasteiger partial charge in [-0.25, -0.2) is 9.59 Å². The Bertz CT molecular complexity index is 3690. The Kier molecular flexibility index (Phi) is 16.8. The van der Waals surface area contributed by atoms with Gasteiger partial charge in [0.05, 0.1) is 33.8 Å². The van der Waals surface area contributed by atoms with Gasteiger partial charge in [-0.1, -0.05) is 136 Å². The summed E-state index contributed by atoms with van der Waals surface area (Å²) in [6.07, 6.45) is 25.1. The summed E-state index contributed by atoms with van der Waals surface area (Å²) < 4.78 is 13.7. The molecule has 0 unspecified atom stereocenters. The number of hydrogen-bond donors (Lipinski definition) is 7. The maximum absolute atomic E-state index is 15.6. The lowest BCUT2D eigenvalue weighted by Crippen LogP contribution is -2.54. The first-order chi connectivity index (χ1) is 44.7. The maximum Gasteiger partial charge on any atom is 0.340 e. The molecular weight excluding hydrogens is 1140 g/mol. The molecule has 7 N–H and O–H groups in total. The van der Waals surface area contributed by atoms with Crippen LogP contribution in [0.5, 0.6) is 5.75 Å². The van der Waals surface area contributed by atoms with Gasteiger partial charge in [0.25, 0.3) is 0 Å². The molecule has 6 fully saturated rings. The number of aromatic hydroxyl groups is 1. The van der Waals surface area contributed by atoms with E-state index in [9.17, 15) is 15.3 Å². The number of ether oxygens (including phenoxy) is 2. The van der Waals surface area contributed by atoms with Crippen molar-refractivity contribution in [1.82, 2.24) is 21.3 Å². The van der Waals surface area contributed by atoms with E-state index < -0.39 is 22.0 Å². The first kappa shape index (κ1) is 62.0. The Morgan fingerprint density at radius 1 is 0.761 bits per heavy atom. The summed E-state index contributed by atoms with van der Waals surface area (Å²) in [4.78, 5) is 31.1. The molecule has 2 spiro atoms. The number of piperidine rings is 1. The van der Waals surface area contributed by atoms with Crippen molar-refractivity contribution in [1.29, 1.82) is 0 Å². The second-order valence-corrected chi connectivity index (χ2v) is 30.7. The van der Waals surface area contributed by atoms with Crippen LogP contribution in [0.4, 0.5) is 0 Å². The van der Waals surface area contributed by atoms with E-state index >= 15 is 9.59 Å². The Labute approximate surface area is 546 Å². The van der Waals surface area contributed by atoms with Crippen molar-refractivity contribution in [2.45, 2.75) is 191 Å². The predicted octanol–water partition coefficient (Wildman–Crippen LogP) is 14.0. The highest BCUT2D eigenvalue weighted by atomic mass is 16.6. The van der Waals surface area contributed by atoms with Gasteiger partial charge in [-0.3, -0.25) is 0 Å². The SMILES string of the molecule is CC[C@H](/C=C1\OC(=O)C2=C3c4cc(O)ccc4-c4cccc(c4)CNCCc4cccc(c4)[C@H]4NC[C@@](C)(O)C5(C#C[C@@H](C6(O)CCCCC6)C[C@H]6C[C@]([C@@H]7CCN[C@H](NC)C7)(CC=C7OC(=O)C8=C7CC[C@H]7[C@H]3CC[C@@]21[C@@H]87)C[C@@H]64)CCCCC5)Cc1ccccc1. The molecule has 17 rings (SSSR count). The molecule has 0 amide bonds. The van der Waals surface area contributed by atoms with Gasteiger partial charge in [0.15, 0.2) is 0 Å². The monoisotopic (exact) mass is 1240 g/mol. The topological polar surface area (TPSA) is 161 Å². The molecule has 0 aromatic heterocycles. The summed E-state index contributed by atoms with van der Waals surface area (Å²) in [5, 5.41) is 53.6. The van der Waals surface area contributed by atoms with E-state index in [4.69, 9.17) is 9.47 Å². The molecule has 11 heteroatoms. The minimum absolute atomic E-state index is 0.00863. The number of carbonyl (C=O) groups is 2. The molecule has 92 heavy (non-hydrogen) atoms. The van der Waals surface area contributed by atoms with Crippen molar-refractivity contribution >= 4 is 17.5 Å². The molecule has 6 aliphatic heterocycles. The Morgan fingerprint density at radius 2 is 1.57 bits per heavy atom. The number of esters is 2. The van der Waals surface area contributed by atoms with Crippen molar-refractivity contribution in [2.24, 2.45) is 63.6 Å². The van der Waals surface area contributed by atoms with Crippen LogP contribution in [0.2, 0.25) is 0 Å². The summed E-state index contributed by atoms with van der Waals surface area (Å²) in [5.74, 6) is 8.82. The third-order valence-corrected chi connectivity index (χ3v) is 25.8. The number of benzene rings is 4. The summed E-state index contributed by atoms with van der Waals surface area (Å²) >= 11 is 0. The molecule has 0 radical (unpaired) electrons. The Hall–Kier alpha value is -6.10. The molecule has 13 atom stereocenters. The fourth-order valence-electron chi connectivity index (χ4n) is 21.0. The van der Waals surface area contributed by atoms with E-state index in [0.29, 0.717) is 48.9 Å². The van der Waals surface area contributed by atoms with Gasteiger partial charge in [-0.2, -0.15) is 0 Å². The van der Waals surface area contributed by atoms with Crippen molar-refractivity contribution in [3.8, 4) is 28.7 Å². The van der Waals surface area contributed by atoms with Gasteiger partial charge in [0.1, 0.15) is 17.3 Å². The molecule has 484 valence electrons. The molecule has 4 aromatic rings. The van der Waals surface area contributed by atoms with Gasteiger partial charge < -0.3 is 46.1 Å². The smallest absolute Gasteiger partial charge is 0.340 e. The summed E-state index contributed by atoms with van der Waals surface area (Å²) in [6.45, 7) is 6.99. The minimum Gasteiger partial charge on any atom is -0.508 e. The quantitative estimate of drug-likeness (QED) is 0.0697. The highest BCUT2D eigenvalue weighted by Crippen LogP contribution is 2.73. The minimum atomic E-state index is -1.13. The molecule has 4 saturated carbocycles. The number of carbonyl (C=O) groups excluding carboxylic acids is 2. The number of phenols is 1. The second kappa shape index (κ2) is 24.9. The number of aliphatic hydroxyl groups is 2. The normalized spacial score (nSPS) is 34.8. The van der Waals surface area contributed by atoms with Gasteiger partial charge in [0.2, 0.25) is 0 Å². The highest BCUT2D eigenvalue weighted by molar-refractivity contribution is 6.07. The van der Waals surface area contributed by atoms with E-state index in [-0.39, 0.29) is 76.7 Å². The fraction of sp³-hybridized carbons (Fsp3) is 0.556. The van der Waals surface area contributed by atoms with Crippen molar-refractivity contribution in [2.75, 3.05) is 26.7 Å². The van der Waals surface area contributed by atoms with Crippen molar-refractivity contribution in [3.63, 3.8) is 0 Å². The molecule has 14 bridgehead atoms. The lowest BCUT2D eigenvalue weighted by molar-refractivity contribution is -0.135. The number of cyclic esters (lactones) is 1. The van der Waals surface area contributed by atoms with Crippen LogP contribution < -0.4 is 21.3 Å². The standard InChI is InChI=1S/C81H98N4O7/c1-4-51(40-52-16-8-5-9-17-52)43-68-81-37-27-62-63-24-25-64-67(91-75(87)71(64)72(63)81)28-35-78(58-30-39-84-69(45-58)82-3)47-57-44-59(80(90)33-12-7-13-34-80)26-36-79(31-10-6-11-32-79)77(2,89)50-85-74(66(57)48-78)56-21-14-18-53(41-56)29-38-83-49-54-19-15-20-55(42-54)61-23-22-60(86)46-65(61)70(62)73(81)76(88)92-68/h5,8-9,14-23,28,41-43,46,51,57-59,62-63,66,69,72,74,82-86,89-90H,4,6-7,10-13,24-25,27,29-35,37-40,44-45,47-50H2,1-3H3/b67-28?,68-43-/t51-,57-,58+,59+,62+,63-,66-,69-,72+,74+,77+,78+,81+/m0/s1. The van der Waals surface area contributed by atoms with Gasteiger partial charge in [0, 0.05) is 42.1 Å². The van der Waals surface area contributed by atoms with Crippen LogP contribution in [-0.4, -0.2) is 71.3 Å². The third kappa shape index (κ3) is 10.9. The van der Waals surface area contributed by atoms with Gasteiger partial charge in [-0.05, 0) is 252 Å². The Balaban J connectivity index is 0.912. The molecular formula is C81H98N4O7. The van der Waals surface area contributed by atoms with E-state index in [0.717, 1.165) is 187 Å². The molecule has 13 aliphatic rings. The van der Waals surface area contributed by atoms with Crippen LogP contribution in [0.1, 0.15) is 183 Å². The number of hydrogen-bond acceptors (Lipinski definition) is 11. The number of phenolic OH excluding ortho intramolecular Hbond substituents is 1. The Morgan fingerprint density at radius 3 is 2.38 bits per heavy atom. The number of nitrogens with one attached hydrogen (secondary N) is 4. The first-order valence-corrected chi connectivity index (χ1v) is 35.9. The largest absolute Gasteiger partial charge is 0.508 e. The van der Waals surface area contributed by atoms with Crippen molar-refractivity contribution in [3.05, 3.63) is 165 Å². The average molecular weight is 1240 g/mol. The van der Waals surface area contributed by atoms with E-state index in [2.05, 4.69) is 145 Å². The average Bonchev–Trinajstić information content (AvgIpc) is 1.43. The maximum atomic E-state index is 15.6. The number of rotatable bonds is 7. The number of fused-ring (bicyclic) bond motifs is 5. The summed E-state index contributed by atoms with van der Waals surface area (Å²) in [7, 11) is 2.07. The van der Waals surface area contributed by atoms with Crippen LogP contribution in [0, 0.1) is 75.4 Å². The molecule has 6 heterocycles. The predicted molar refractivity (Wildman–Crippen MR) is 361 cm³/mol. The zero-order valence-corrected chi connectivity index (χ0v) is 54.7. The lowest BCUT2D eigenvalue weighted by Gasteiger charge is -2.56. The van der Waals surface area contributed by atoms with Crippen LogP contribution in [-0.2, 0) is 38.4 Å².